The summed E-state index contributed by atoms with van der Waals surface area (Å²) in [5, 5.41) is 105. The molecule has 0 bridgehead atoms. The highest BCUT2D eigenvalue weighted by Crippen LogP contribution is 2.27. The number of rotatable bonds is 7. The summed E-state index contributed by atoms with van der Waals surface area (Å²) in [6, 6.07) is -7.12. The number of aliphatic hydroxyl groups excluding tert-OH is 8. The summed E-state index contributed by atoms with van der Waals surface area (Å²) in [6.07, 6.45) is -17.8. The number of benzene rings is 1. The fourth-order valence-electron chi connectivity index (χ4n) is 7.18. The highest BCUT2D eigenvalue weighted by Gasteiger charge is 2.50. The lowest BCUT2D eigenvalue weighted by Gasteiger charge is -2.34. The van der Waals surface area contributed by atoms with Gasteiger partial charge in [-0.2, -0.15) is 0 Å². The molecular formula is C35H52N8O16. The molecule has 0 aromatic heterocycles. The second kappa shape index (κ2) is 19.3. The minimum Gasteiger partial charge on any atom is -0.508 e. The van der Waals surface area contributed by atoms with Crippen LogP contribution >= 0.6 is 0 Å². The summed E-state index contributed by atoms with van der Waals surface area (Å²) in [7, 11) is 0. The highest BCUT2D eigenvalue weighted by atomic mass is 16.3. The minimum absolute atomic E-state index is 0.107. The van der Waals surface area contributed by atoms with Crippen molar-refractivity contribution in [3.05, 3.63) is 29.8 Å². The first kappa shape index (κ1) is 46.6. The van der Waals surface area contributed by atoms with E-state index in [1.54, 1.807) is 0 Å². The summed E-state index contributed by atoms with van der Waals surface area (Å²) < 4.78 is 0. The Kier molecular flexibility index (Phi) is 15.3. The third-order valence-electron chi connectivity index (χ3n) is 10.5. The summed E-state index contributed by atoms with van der Waals surface area (Å²) in [6.45, 7) is 1.52. The van der Waals surface area contributed by atoms with Crippen LogP contribution in [0.15, 0.2) is 24.3 Å². The number of aromatic hydroxyl groups is 1. The Balaban J connectivity index is 1.85. The quantitative estimate of drug-likeness (QED) is 0.121. The van der Waals surface area contributed by atoms with Crippen LogP contribution in [0.3, 0.4) is 0 Å². The molecule has 1 aromatic carbocycles. The predicted octanol–water partition coefficient (Wildman–Crippen LogP) is -8.45. The zero-order valence-corrected chi connectivity index (χ0v) is 31.9. The number of fused-ring (bicyclic) bond motifs is 2. The number of aliphatic hydroxyl groups is 8. The van der Waals surface area contributed by atoms with Crippen LogP contribution in [0.2, 0.25) is 0 Å². The lowest BCUT2D eigenvalue weighted by atomic mass is 9.96. The van der Waals surface area contributed by atoms with Gasteiger partial charge in [-0.3, -0.25) is 33.6 Å². The van der Waals surface area contributed by atoms with Crippen LogP contribution < -0.4 is 32.7 Å². The average Bonchev–Trinajstić information content (AvgIpc) is 3.71. The van der Waals surface area contributed by atoms with Gasteiger partial charge in [-0.25, -0.2) is 0 Å². The largest absolute Gasteiger partial charge is 0.508 e. The van der Waals surface area contributed by atoms with E-state index in [-0.39, 0.29) is 11.3 Å². The molecule has 3 heterocycles. The van der Waals surface area contributed by atoms with Crippen molar-refractivity contribution >= 4 is 41.4 Å². The molecule has 0 saturated carbocycles. The van der Waals surface area contributed by atoms with Crippen molar-refractivity contribution in [2.45, 2.75) is 118 Å². The number of phenolic OH excluding ortho intramolecular Hbond substituents is 1. The molecule has 4 rings (SSSR count). The van der Waals surface area contributed by atoms with E-state index < -0.39 is 165 Å². The van der Waals surface area contributed by atoms with Gasteiger partial charge in [-0.05, 0) is 24.6 Å². The first-order valence-corrected chi connectivity index (χ1v) is 18.6. The van der Waals surface area contributed by atoms with Crippen LogP contribution in [0.5, 0.6) is 5.75 Å². The molecule has 3 saturated heterocycles. The molecule has 0 aliphatic carbocycles. The molecule has 1 aromatic rings. The molecule has 0 spiro atoms. The molecule has 15 atom stereocenters. The molecule has 0 unspecified atom stereocenters. The van der Waals surface area contributed by atoms with Gasteiger partial charge in [-0.15, -0.1) is 0 Å². The molecule has 24 heteroatoms. The van der Waals surface area contributed by atoms with Gasteiger partial charge in [0.25, 0.3) is 0 Å². The standard InChI is InChI=1S/C35H52N8O16/c1-12-10-43-25(26(12)50)33(57)41-31(55)20(48)8-17(36)29(53)38-22(13(2)44)34(58)42-11-16(46)7-18(42)30(54)40-24(28(52)27(51)14-3-5-15(45)6-4-14)32(56)39-23(35(43)59)19(47)9-21(37)49/h3-6,12-13,16-20,22-28,31,44-48,50-52,55H,7-11,36H2,1-2H3,(H2,37,49)(H,38,53)(H,39,56)(H,40,54)(H,41,57)/t12-,13+,16+,17-,18-,19+,20+,22-,23-,24-,25-,26-,27-,28-,31+/m0/s1. The monoisotopic (exact) mass is 840 g/mol. The smallest absolute Gasteiger partial charge is 0.248 e. The number of nitrogens with one attached hydrogen (secondary N) is 4. The van der Waals surface area contributed by atoms with Crippen LogP contribution in [0.4, 0.5) is 0 Å². The molecule has 3 aliphatic rings. The van der Waals surface area contributed by atoms with Crippen molar-refractivity contribution < 1.29 is 79.5 Å². The fraction of sp³-hybridized carbons (Fsp3) is 0.629. The molecule has 17 N–H and O–H groups in total. The van der Waals surface area contributed by atoms with E-state index in [9.17, 15) is 79.5 Å². The Bertz CT molecular complexity index is 1740. The van der Waals surface area contributed by atoms with Gasteiger partial charge < -0.3 is 88.5 Å². The van der Waals surface area contributed by atoms with Crippen molar-refractivity contribution in [3.8, 4) is 5.75 Å². The number of hydrogen-bond acceptors (Lipinski definition) is 17. The summed E-state index contributed by atoms with van der Waals surface area (Å²) in [5.74, 6) is -9.98. The van der Waals surface area contributed by atoms with E-state index in [1.165, 1.54) is 6.92 Å². The molecule has 24 nitrogen and oxygen atoms in total. The topological polar surface area (TPSA) is 408 Å². The summed E-state index contributed by atoms with van der Waals surface area (Å²) in [4.78, 5) is 96.3. The first-order chi connectivity index (χ1) is 27.5. The summed E-state index contributed by atoms with van der Waals surface area (Å²) in [5.41, 5.74) is 11.1. The zero-order valence-electron chi connectivity index (χ0n) is 31.9. The summed E-state index contributed by atoms with van der Waals surface area (Å²) >= 11 is 0. The number of nitrogens with zero attached hydrogens (tertiary/aromatic N) is 2. The minimum atomic E-state index is -2.34. The maximum atomic E-state index is 14.2. The van der Waals surface area contributed by atoms with Gasteiger partial charge in [0.15, 0.2) is 6.23 Å². The highest BCUT2D eigenvalue weighted by molar-refractivity contribution is 5.98. The normalized spacial score (nSPS) is 33.9. The van der Waals surface area contributed by atoms with E-state index in [0.29, 0.717) is 4.90 Å². The number of hydrogen-bond donors (Lipinski definition) is 15. The second-order valence-electron chi connectivity index (χ2n) is 15.1. The SMILES string of the molecule is C[C@@H](O)[C@@H]1NC(=O)[C@@H](N)C[C@@H](O)[C@@H](O)NC(=O)[C@@H]2[C@@H](O)[C@@H](C)CN2C(=O)[C@H]([C@H](O)CC(N)=O)NC(=O)[C@H]([C@H](O)[C@@H](O)c2ccc(O)cc2)NC(=O)[C@@H]2C[C@@H](O)CN2C1=O. The third-order valence-corrected chi connectivity index (χ3v) is 10.5. The first-order valence-electron chi connectivity index (χ1n) is 18.6. The van der Waals surface area contributed by atoms with E-state index in [0.717, 1.165) is 36.1 Å². The average molecular weight is 841 g/mol. The lowest BCUT2D eigenvalue weighted by molar-refractivity contribution is -0.149. The third kappa shape index (κ3) is 10.8. The predicted molar refractivity (Wildman–Crippen MR) is 196 cm³/mol. The van der Waals surface area contributed by atoms with Crippen molar-refractivity contribution in [1.82, 2.24) is 31.1 Å². The molecule has 7 amide bonds. The van der Waals surface area contributed by atoms with Gasteiger partial charge in [0.2, 0.25) is 41.4 Å². The Hall–Kier alpha value is -5.05. The van der Waals surface area contributed by atoms with E-state index in [4.69, 9.17) is 11.5 Å². The number of carbonyl (C=O) groups excluding carboxylic acids is 7. The van der Waals surface area contributed by atoms with E-state index in [2.05, 4.69) is 16.0 Å². The van der Waals surface area contributed by atoms with Crippen LogP contribution in [0, 0.1) is 5.92 Å². The Morgan fingerprint density at radius 3 is 1.95 bits per heavy atom. The maximum absolute atomic E-state index is 14.2. The Labute approximate surface area is 336 Å². The number of amides is 7. The molecule has 0 radical (unpaired) electrons. The molecule has 59 heavy (non-hydrogen) atoms. The van der Waals surface area contributed by atoms with Gasteiger partial charge in [0, 0.05) is 31.8 Å². The number of phenols is 1. The van der Waals surface area contributed by atoms with Crippen LogP contribution in [-0.2, 0) is 33.6 Å². The number of nitrogens with two attached hydrogens (primary N) is 2. The molecule has 328 valence electrons. The molecule has 3 aliphatic heterocycles. The van der Waals surface area contributed by atoms with Crippen molar-refractivity contribution in [2.24, 2.45) is 17.4 Å². The van der Waals surface area contributed by atoms with Crippen LogP contribution in [-0.4, -0.2) is 189 Å². The van der Waals surface area contributed by atoms with Crippen molar-refractivity contribution in [3.63, 3.8) is 0 Å². The Morgan fingerprint density at radius 2 is 1.36 bits per heavy atom. The van der Waals surface area contributed by atoms with E-state index in [1.807, 2.05) is 5.32 Å². The van der Waals surface area contributed by atoms with Crippen molar-refractivity contribution in [2.75, 3.05) is 13.1 Å². The van der Waals surface area contributed by atoms with Gasteiger partial charge in [-0.1, -0.05) is 19.1 Å². The molecule has 3 fully saturated rings. The molecular weight excluding hydrogens is 788 g/mol. The van der Waals surface area contributed by atoms with Crippen molar-refractivity contribution in [1.29, 1.82) is 0 Å². The number of carbonyl (C=O) groups is 7. The van der Waals surface area contributed by atoms with Gasteiger partial charge in [0.05, 0.1) is 36.9 Å². The Morgan fingerprint density at radius 1 is 0.780 bits per heavy atom. The van der Waals surface area contributed by atoms with E-state index >= 15 is 0 Å². The zero-order chi connectivity index (χ0) is 44.2. The second-order valence-corrected chi connectivity index (χ2v) is 15.1. The fourth-order valence-corrected chi connectivity index (χ4v) is 7.18. The lowest BCUT2D eigenvalue weighted by Crippen LogP contribution is -2.64. The van der Waals surface area contributed by atoms with Gasteiger partial charge >= 0.3 is 0 Å². The van der Waals surface area contributed by atoms with Crippen LogP contribution in [0.1, 0.15) is 44.8 Å². The van der Waals surface area contributed by atoms with Gasteiger partial charge in [0.1, 0.15) is 54.3 Å². The van der Waals surface area contributed by atoms with Crippen LogP contribution in [0.25, 0.3) is 0 Å². The number of primary amides is 1. The maximum Gasteiger partial charge on any atom is 0.248 e.